The van der Waals surface area contributed by atoms with Gasteiger partial charge in [0.1, 0.15) is 13.1 Å². The van der Waals surface area contributed by atoms with Crippen LogP contribution in [0.2, 0.25) is 5.02 Å². The van der Waals surface area contributed by atoms with E-state index in [1.54, 1.807) is 13.0 Å². The van der Waals surface area contributed by atoms with Crippen LogP contribution < -0.4 is 0 Å². The summed E-state index contributed by atoms with van der Waals surface area (Å²) in [4.78, 5) is 45.7. The number of carbonyl (C=O) groups excluding carboxylic acids is 3. The summed E-state index contributed by atoms with van der Waals surface area (Å²) in [6.45, 7) is 7.64. The first kappa shape index (κ1) is 23.0. The van der Waals surface area contributed by atoms with Gasteiger partial charge in [0, 0.05) is 23.6 Å². The molecule has 0 aromatic heterocycles. The fourth-order valence-corrected chi connectivity index (χ4v) is 4.62. The first-order valence-corrected chi connectivity index (χ1v) is 11.3. The third-order valence-electron chi connectivity index (χ3n) is 6.16. The van der Waals surface area contributed by atoms with Crippen molar-refractivity contribution in [2.75, 3.05) is 19.6 Å². The van der Waals surface area contributed by atoms with Crippen molar-refractivity contribution in [3.8, 4) is 0 Å². The van der Waals surface area contributed by atoms with Crippen molar-refractivity contribution in [3.63, 3.8) is 0 Å². The smallest absolute Gasteiger partial charge is 0.255 e. The number of hydrogen-bond donors (Lipinski definition) is 0. The number of aryl methyl sites for hydroxylation is 2. The van der Waals surface area contributed by atoms with Crippen LogP contribution in [0.3, 0.4) is 0 Å². The van der Waals surface area contributed by atoms with Crippen LogP contribution in [0.25, 0.3) is 0 Å². The van der Waals surface area contributed by atoms with Crippen molar-refractivity contribution in [1.29, 1.82) is 0 Å². The van der Waals surface area contributed by atoms with Gasteiger partial charge in [-0.15, -0.1) is 0 Å². The molecule has 4 rings (SSSR count). The number of halogens is 1. The van der Waals surface area contributed by atoms with Crippen LogP contribution in [0.1, 0.15) is 52.9 Å². The quantitative estimate of drug-likeness (QED) is 0.640. The number of benzene rings is 2. The predicted molar refractivity (Wildman–Crippen MR) is 125 cm³/mol. The molecule has 0 aliphatic carbocycles. The van der Waals surface area contributed by atoms with Crippen LogP contribution in [0.5, 0.6) is 0 Å². The van der Waals surface area contributed by atoms with E-state index in [0.717, 1.165) is 28.0 Å². The summed E-state index contributed by atoms with van der Waals surface area (Å²) in [7, 11) is 0. The molecule has 2 aromatic rings. The zero-order valence-electron chi connectivity index (χ0n) is 19.1. The third-order valence-corrected chi connectivity index (χ3v) is 6.38. The third kappa shape index (κ3) is 4.37. The van der Waals surface area contributed by atoms with Gasteiger partial charge in [-0.3, -0.25) is 19.3 Å². The second kappa shape index (κ2) is 8.63. The fraction of sp³-hybridized carbons (Fsp3) is 0.360. The van der Waals surface area contributed by atoms with Crippen molar-refractivity contribution >= 4 is 35.0 Å². The number of nitrogens with zero attached hydrogens (tertiary/aromatic N) is 3. The molecule has 8 heteroatoms. The van der Waals surface area contributed by atoms with Gasteiger partial charge >= 0.3 is 0 Å². The molecule has 172 valence electrons. The van der Waals surface area contributed by atoms with Crippen LogP contribution in [-0.4, -0.2) is 52.9 Å². The Kier molecular flexibility index (Phi) is 6.01. The lowest BCUT2D eigenvalue weighted by Crippen LogP contribution is -2.55. The first-order valence-electron chi connectivity index (χ1n) is 10.9. The van der Waals surface area contributed by atoms with Gasteiger partial charge in [-0.2, -0.15) is 0 Å². The van der Waals surface area contributed by atoms with Gasteiger partial charge in [0.25, 0.3) is 5.91 Å². The fourth-order valence-electron chi connectivity index (χ4n) is 4.33. The SMILES string of the molecule is CCN1C(=O)CN(C(=O)c2ccc(C3=NOC(C)(c4cc(C)cc(Cl)c4)C3)cc2C)CC1=O. The molecule has 2 aliphatic rings. The lowest BCUT2D eigenvalue weighted by atomic mass is 9.88. The first-order chi connectivity index (χ1) is 15.6. The summed E-state index contributed by atoms with van der Waals surface area (Å²) in [6, 6.07) is 11.3. The molecule has 0 radical (unpaired) electrons. The monoisotopic (exact) mass is 467 g/mol. The molecule has 0 spiro atoms. The number of oxime groups is 1. The Balaban J connectivity index is 1.52. The van der Waals surface area contributed by atoms with E-state index in [4.69, 9.17) is 16.4 Å². The molecule has 0 saturated carbocycles. The van der Waals surface area contributed by atoms with Crippen molar-refractivity contribution in [1.82, 2.24) is 9.80 Å². The van der Waals surface area contributed by atoms with Crippen LogP contribution in [-0.2, 0) is 20.0 Å². The second-order valence-corrected chi connectivity index (χ2v) is 9.21. The topological polar surface area (TPSA) is 79.3 Å². The number of amides is 3. The van der Waals surface area contributed by atoms with E-state index in [1.807, 2.05) is 51.1 Å². The highest BCUT2D eigenvalue weighted by Crippen LogP contribution is 2.37. The standard InChI is InChI=1S/C25H26ClN3O4/c1-5-29-22(30)13-28(14-23(29)31)24(32)20-7-6-17(10-16(20)3)21-12-25(4,33-27-21)18-8-15(2)9-19(26)11-18/h6-11H,5,12-14H2,1-4H3. The Morgan fingerprint density at radius 2 is 1.82 bits per heavy atom. The van der Waals surface area contributed by atoms with Crippen molar-refractivity contribution in [2.24, 2.45) is 5.16 Å². The van der Waals surface area contributed by atoms with Gasteiger partial charge in [0.2, 0.25) is 11.8 Å². The lowest BCUT2D eigenvalue weighted by molar-refractivity contribution is -0.149. The molecular formula is C25H26ClN3O4. The van der Waals surface area contributed by atoms with E-state index in [-0.39, 0.29) is 30.8 Å². The van der Waals surface area contributed by atoms with Gasteiger partial charge in [0.05, 0.1) is 5.71 Å². The predicted octanol–water partition coefficient (Wildman–Crippen LogP) is 3.83. The number of imide groups is 1. The van der Waals surface area contributed by atoms with Gasteiger partial charge in [-0.05, 0) is 74.2 Å². The number of piperazine rings is 1. The molecule has 2 heterocycles. The van der Waals surface area contributed by atoms with Crippen LogP contribution in [0.4, 0.5) is 0 Å². The number of likely N-dealkylation sites (N-methyl/N-ethyl adjacent to an activating group) is 1. The van der Waals surface area contributed by atoms with Crippen LogP contribution in [0, 0.1) is 13.8 Å². The highest BCUT2D eigenvalue weighted by atomic mass is 35.5. The van der Waals surface area contributed by atoms with Gasteiger partial charge in [-0.25, -0.2) is 0 Å². The van der Waals surface area contributed by atoms with E-state index in [0.29, 0.717) is 23.6 Å². The molecular weight excluding hydrogens is 442 g/mol. The molecule has 3 amide bonds. The zero-order chi connectivity index (χ0) is 23.9. The second-order valence-electron chi connectivity index (χ2n) is 8.78. The highest BCUT2D eigenvalue weighted by Gasteiger charge is 2.37. The van der Waals surface area contributed by atoms with E-state index < -0.39 is 5.60 Å². The molecule has 1 unspecified atom stereocenters. The van der Waals surface area contributed by atoms with Crippen LogP contribution >= 0.6 is 11.6 Å². The molecule has 2 aliphatic heterocycles. The minimum Gasteiger partial charge on any atom is -0.384 e. The molecule has 1 fully saturated rings. The van der Waals surface area contributed by atoms with E-state index >= 15 is 0 Å². The van der Waals surface area contributed by atoms with Gasteiger partial charge in [-0.1, -0.05) is 28.9 Å². The minimum atomic E-state index is -0.632. The summed E-state index contributed by atoms with van der Waals surface area (Å²) in [5.74, 6) is -1.05. The summed E-state index contributed by atoms with van der Waals surface area (Å²) >= 11 is 6.24. The Hall–Kier alpha value is -3.19. The maximum absolute atomic E-state index is 13.0. The van der Waals surface area contributed by atoms with E-state index in [2.05, 4.69) is 5.16 Å². The average molecular weight is 468 g/mol. The molecule has 0 bridgehead atoms. The maximum Gasteiger partial charge on any atom is 0.255 e. The van der Waals surface area contributed by atoms with Crippen molar-refractivity contribution in [2.45, 2.75) is 39.7 Å². The number of hydrogen-bond acceptors (Lipinski definition) is 5. The number of carbonyl (C=O) groups is 3. The summed E-state index contributed by atoms with van der Waals surface area (Å²) in [5.41, 5.74) is 4.20. The average Bonchev–Trinajstić information content (AvgIpc) is 3.16. The summed E-state index contributed by atoms with van der Waals surface area (Å²) in [6.07, 6.45) is 0.557. The largest absolute Gasteiger partial charge is 0.384 e. The van der Waals surface area contributed by atoms with E-state index in [9.17, 15) is 14.4 Å². The normalized spacial score (nSPS) is 20.7. The summed E-state index contributed by atoms with van der Waals surface area (Å²) < 4.78 is 0. The minimum absolute atomic E-state index is 0.0996. The lowest BCUT2D eigenvalue weighted by Gasteiger charge is -2.32. The molecule has 1 saturated heterocycles. The summed E-state index contributed by atoms with van der Waals surface area (Å²) in [5, 5.41) is 4.97. The van der Waals surface area contributed by atoms with Gasteiger partial charge in [0.15, 0.2) is 5.60 Å². The van der Waals surface area contributed by atoms with E-state index in [1.165, 1.54) is 9.80 Å². The van der Waals surface area contributed by atoms with Crippen LogP contribution in [0.15, 0.2) is 41.6 Å². The molecule has 7 nitrogen and oxygen atoms in total. The number of rotatable bonds is 4. The molecule has 1 atom stereocenters. The Morgan fingerprint density at radius 3 is 2.42 bits per heavy atom. The zero-order valence-corrected chi connectivity index (χ0v) is 19.9. The maximum atomic E-state index is 13.0. The molecule has 33 heavy (non-hydrogen) atoms. The Bertz CT molecular complexity index is 1150. The van der Waals surface area contributed by atoms with Crippen molar-refractivity contribution < 1.29 is 19.2 Å². The van der Waals surface area contributed by atoms with Gasteiger partial charge < -0.3 is 9.74 Å². The van der Waals surface area contributed by atoms with Crippen molar-refractivity contribution in [3.05, 3.63) is 69.2 Å². The Morgan fingerprint density at radius 1 is 1.12 bits per heavy atom. The Labute approximate surface area is 197 Å². The molecule has 2 aromatic carbocycles. The highest BCUT2D eigenvalue weighted by molar-refractivity contribution is 6.30. The molecule has 0 N–H and O–H groups in total.